The molecule has 0 fully saturated rings. The first-order valence-electron chi connectivity index (χ1n) is 23.0. The standard InChI is InChI=1S/C62H44N4/c1-39-52-38-57-53(37-54(52)59-46-24-12-11-19-42(46)33-34-51(59)58(39)43-31-29-41(30-32-43)40-17-5-2-6-18-40)49-27-15-16-28-55(49)66(57)56-36-35-50(47-25-13-14-26-48(47)56)62-64-60(44-20-7-3-8-21-44)63-61(65-62)45-22-9-4-10-23-45/h2-39,58,62H,1H3,(H,63,64,65). The van der Waals surface area contributed by atoms with Crippen molar-refractivity contribution in [3.8, 4) is 27.9 Å². The van der Waals surface area contributed by atoms with Crippen LogP contribution in [-0.2, 0) is 0 Å². The third-order valence-corrected chi connectivity index (χ3v) is 14.1. The zero-order valence-corrected chi connectivity index (χ0v) is 36.4. The van der Waals surface area contributed by atoms with Gasteiger partial charge in [0, 0.05) is 38.8 Å². The van der Waals surface area contributed by atoms with Gasteiger partial charge in [-0.25, -0.2) is 9.98 Å². The molecule has 0 saturated carbocycles. The highest BCUT2D eigenvalue weighted by molar-refractivity contribution is 6.15. The fraction of sp³-hybridized carbons (Fsp3) is 0.0645. The summed E-state index contributed by atoms with van der Waals surface area (Å²) in [6.07, 6.45) is -0.355. The SMILES string of the molecule is CC1c2cc3c(cc2-c2c(ccc4ccccc24)C1c1ccc(-c2ccccc2)cc1)c1ccccc1n3-c1ccc(C2N=C(c3ccccc3)N=C(c3ccccc3)N2)c2ccccc12. The van der Waals surface area contributed by atoms with Gasteiger partial charge in [0.2, 0.25) is 0 Å². The highest BCUT2D eigenvalue weighted by Gasteiger charge is 2.35. The zero-order valence-electron chi connectivity index (χ0n) is 36.4. The topological polar surface area (TPSA) is 41.7 Å². The van der Waals surface area contributed by atoms with Gasteiger partial charge in [-0.05, 0) is 85.3 Å². The van der Waals surface area contributed by atoms with E-state index in [0.29, 0.717) is 5.84 Å². The average molecular weight is 845 g/mol. The van der Waals surface area contributed by atoms with Gasteiger partial charge in [-0.3, -0.25) is 0 Å². The molecule has 0 amide bonds. The molecule has 4 heteroatoms. The Kier molecular flexibility index (Phi) is 8.92. The van der Waals surface area contributed by atoms with Crippen molar-refractivity contribution in [2.75, 3.05) is 0 Å². The van der Waals surface area contributed by atoms with Gasteiger partial charge in [0.15, 0.2) is 5.84 Å². The van der Waals surface area contributed by atoms with E-state index in [2.05, 4.69) is 217 Å². The number of hydrogen-bond acceptors (Lipinski definition) is 3. The van der Waals surface area contributed by atoms with E-state index in [4.69, 9.17) is 9.98 Å². The van der Waals surface area contributed by atoms with Crippen molar-refractivity contribution >= 4 is 55.0 Å². The summed E-state index contributed by atoms with van der Waals surface area (Å²) >= 11 is 0. The van der Waals surface area contributed by atoms with Crippen LogP contribution in [0.2, 0.25) is 0 Å². The molecule has 0 spiro atoms. The van der Waals surface area contributed by atoms with Crippen LogP contribution < -0.4 is 5.32 Å². The molecule has 2 aliphatic rings. The number of rotatable bonds is 6. The maximum atomic E-state index is 5.30. The van der Waals surface area contributed by atoms with Crippen LogP contribution in [0.1, 0.15) is 58.3 Å². The molecule has 1 aromatic heterocycles. The molecule has 11 aromatic rings. The number of para-hydroxylation sites is 1. The van der Waals surface area contributed by atoms with Crippen molar-refractivity contribution in [3.63, 3.8) is 0 Å². The van der Waals surface area contributed by atoms with Crippen LogP contribution in [0.3, 0.4) is 0 Å². The number of hydrogen-bond donors (Lipinski definition) is 1. The molecular formula is C62H44N4. The minimum absolute atomic E-state index is 0.172. The Labute approximate surface area is 383 Å². The van der Waals surface area contributed by atoms with Crippen molar-refractivity contribution in [3.05, 3.63) is 258 Å². The molecule has 1 aliphatic carbocycles. The second kappa shape index (κ2) is 15.4. The third-order valence-electron chi connectivity index (χ3n) is 14.1. The van der Waals surface area contributed by atoms with E-state index >= 15 is 0 Å². The predicted molar refractivity (Wildman–Crippen MR) is 275 cm³/mol. The molecule has 0 saturated heterocycles. The van der Waals surface area contributed by atoms with Gasteiger partial charge in [-0.2, -0.15) is 0 Å². The molecule has 1 N–H and O–H groups in total. The summed E-state index contributed by atoms with van der Waals surface area (Å²) < 4.78 is 2.51. The molecule has 66 heavy (non-hydrogen) atoms. The Hall–Kier alpha value is -8.34. The van der Waals surface area contributed by atoms with Gasteiger partial charge >= 0.3 is 0 Å². The molecule has 3 atom stereocenters. The first-order chi connectivity index (χ1) is 32.7. The highest BCUT2D eigenvalue weighted by Crippen LogP contribution is 2.54. The summed E-state index contributed by atoms with van der Waals surface area (Å²) in [6, 6.07) is 81.6. The molecule has 2 heterocycles. The molecule has 312 valence electrons. The quantitative estimate of drug-likeness (QED) is 0.178. The number of nitrogens with zero attached hydrogens (tertiary/aromatic N) is 3. The zero-order chi connectivity index (χ0) is 43.7. The van der Waals surface area contributed by atoms with Crippen LogP contribution in [0.4, 0.5) is 0 Å². The first kappa shape index (κ1) is 38.1. The number of nitrogens with one attached hydrogen (secondary N) is 1. The number of benzene rings is 10. The highest BCUT2D eigenvalue weighted by atomic mass is 15.2. The van der Waals surface area contributed by atoms with E-state index in [1.807, 2.05) is 24.3 Å². The summed E-state index contributed by atoms with van der Waals surface area (Å²) in [5.41, 5.74) is 15.9. The van der Waals surface area contributed by atoms with E-state index < -0.39 is 0 Å². The Morgan fingerprint density at radius 1 is 0.439 bits per heavy atom. The molecule has 10 aromatic carbocycles. The first-order valence-corrected chi connectivity index (χ1v) is 23.0. The largest absolute Gasteiger partial charge is 0.344 e. The lowest BCUT2D eigenvalue weighted by atomic mass is 9.68. The lowest BCUT2D eigenvalue weighted by Crippen LogP contribution is -2.33. The van der Waals surface area contributed by atoms with Crippen molar-refractivity contribution < 1.29 is 0 Å². The molecule has 0 bridgehead atoms. The number of aliphatic imine (C=N–C) groups is 2. The van der Waals surface area contributed by atoms with Crippen LogP contribution in [-0.4, -0.2) is 16.2 Å². The van der Waals surface area contributed by atoms with Gasteiger partial charge in [0.05, 0.1) is 16.7 Å². The second-order valence-electron chi connectivity index (χ2n) is 17.7. The van der Waals surface area contributed by atoms with Gasteiger partial charge in [0.1, 0.15) is 12.0 Å². The number of aromatic nitrogens is 1. The maximum Gasteiger partial charge on any atom is 0.159 e. The molecule has 0 radical (unpaired) electrons. The van der Waals surface area contributed by atoms with E-state index in [0.717, 1.165) is 39.0 Å². The summed E-state index contributed by atoms with van der Waals surface area (Å²) in [7, 11) is 0. The Bertz CT molecular complexity index is 3740. The van der Waals surface area contributed by atoms with Gasteiger partial charge < -0.3 is 9.88 Å². The predicted octanol–water partition coefficient (Wildman–Crippen LogP) is 15.2. The van der Waals surface area contributed by atoms with E-state index in [1.54, 1.807) is 0 Å². The Balaban J connectivity index is 1.00. The van der Waals surface area contributed by atoms with Crippen LogP contribution in [0, 0.1) is 0 Å². The normalized spacial score (nSPS) is 16.7. The molecule has 13 rings (SSSR count). The fourth-order valence-corrected chi connectivity index (χ4v) is 11.0. The Morgan fingerprint density at radius 2 is 1.05 bits per heavy atom. The molecule has 3 unspecified atom stereocenters. The summed E-state index contributed by atoms with van der Waals surface area (Å²) in [6.45, 7) is 2.43. The summed E-state index contributed by atoms with van der Waals surface area (Å²) in [5, 5.41) is 11.1. The minimum Gasteiger partial charge on any atom is -0.344 e. The lowest BCUT2D eigenvalue weighted by molar-refractivity contribution is 0.651. The van der Waals surface area contributed by atoms with Crippen LogP contribution in [0.15, 0.2) is 234 Å². The van der Waals surface area contributed by atoms with Gasteiger partial charge in [-0.15, -0.1) is 0 Å². The van der Waals surface area contributed by atoms with Crippen molar-refractivity contribution in [1.29, 1.82) is 0 Å². The maximum absolute atomic E-state index is 5.30. The molecule has 4 nitrogen and oxygen atoms in total. The molecule has 1 aliphatic heterocycles. The lowest BCUT2D eigenvalue weighted by Gasteiger charge is -2.35. The average Bonchev–Trinajstić information content (AvgIpc) is 3.71. The van der Waals surface area contributed by atoms with Gasteiger partial charge in [-0.1, -0.05) is 207 Å². The van der Waals surface area contributed by atoms with Gasteiger partial charge in [0.25, 0.3) is 0 Å². The number of fused-ring (bicyclic) bond motifs is 9. The number of amidine groups is 2. The Morgan fingerprint density at radius 3 is 1.80 bits per heavy atom. The monoisotopic (exact) mass is 844 g/mol. The minimum atomic E-state index is -0.355. The van der Waals surface area contributed by atoms with Crippen molar-refractivity contribution in [2.24, 2.45) is 9.98 Å². The molecular weight excluding hydrogens is 801 g/mol. The second-order valence-corrected chi connectivity index (χ2v) is 17.7. The summed E-state index contributed by atoms with van der Waals surface area (Å²) in [4.78, 5) is 10.4. The smallest absolute Gasteiger partial charge is 0.159 e. The van der Waals surface area contributed by atoms with Crippen LogP contribution >= 0.6 is 0 Å². The van der Waals surface area contributed by atoms with Crippen molar-refractivity contribution in [2.45, 2.75) is 24.9 Å². The van der Waals surface area contributed by atoms with Crippen LogP contribution in [0.5, 0.6) is 0 Å². The fourth-order valence-electron chi connectivity index (χ4n) is 11.0. The third kappa shape index (κ3) is 6.13. The van der Waals surface area contributed by atoms with Crippen LogP contribution in [0.25, 0.3) is 71.3 Å². The summed E-state index contributed by atoms with van der Waals surface area (Å²) in [5.74, 6) is 1.91. The van der Waals surface area contributed by atoms with E-state index in [9.17, 15) is 0 Å². The van der Waals surface area contributed by atoms with E-state index in [-0.39, 0.29) is 18.0 Å². The van der Waals surface area contributed by atoms with Crippen molar-refractivity contribution in [1.82, 2.24) is 9.88 Å². The van der Waals surface area contributed by atoms with E-state index in [1.165, 1.54) is 71.5 Å².